The van der Waals surface area contributed by atoms with Crippen molar-refractivity contribution in [1.82, 2.24) is 9.80 Å². The molecule has 0 aromatic carbocycles. The summed E-state index contributed by atoms with van der Waals surface area (Å²) in [7, 11) is 4.37. The third-order valence-electron chi connectivity index (χ3n) is 5.22. The molecule has 0 aromatic rings. The van der Waals surface area contributed by atoms with Crippen LogP contribution in [0.25, 0.3) is 0 Å². The van der Waals surface area contributed by atoms with Gasteiger partial charge in [0.1, 0.15) is 0 Å². The smallest absolute Gasteiger partial charge is 0.448 e. The number of rotatable bonds is 11. The predicted molar refractivity (Wildman–Crippen MR) is 109 cm³/mol. The first-order chi connectivity index (χ1) is 12.2. The minimum atomic E-state index is -4.64. The second kappa shape index (κ2) is 13.8. The van der Waals surface area contributed by atoms with Crippen molar-refractivity contribution >= 4 is 6.98 Å². The predicted octanol–water partition coefficient (Wildman–Crippen LogP) is 4.45. The zero-order valence-electron chi connectivity index (χ0n) is 18.0. The fraction of sp³-hybridized carbons (Fsp3) is 1.00. The first-order valence-electron chi connectivity index (χ1n) is 10.6. The second-order valence-corrected chi connectivity index (χ2v) is 8.17. The zero-order chi connectivity index (χ0) is 20.1. The summed E-state index contributed by atoms with van der Waals surface area (Å²) >= 11 is 0. The summed E-state index contributed by atoms with van der Waals surface area (Å²) in [4.78, 5) is 3.51. The molecule has 1 rings (SSSR count). The average molecular weight is 381 g/mol. The van der Waals surface area contributed by atoms with Gasteiger partial charge in [0.05, 0.1) is 26.7 Å². The van der Waals surface area contributed by atoms with Gasteiger partial charge in [0, 0.05) is 26.2 Å². The molecule has 0 N–H and O–H groups in total. The maximum Gasteiger partial charge on any atom is 0.492 e. The second-order valence-electron chi connectivity index (χ2n) is 8.17. The fourth-order valence-corrected chi connectivity index (χ4v) is 3.28. The standard InChI is InChI=1S/C13H30N.C6H13BF3N2/c1-5-8-11-14(4,12-9-6-2)13-10-7-3;1-11-2-4-12(5-3-11)6-7(8,9)10/h5-13H2,1-4H3;2-6H2,1H3/q+1;-1. The number of hydrogen-bond acceptors (Lipinski definition) is 2. The Morgan fingerprint density at radius 1 is 0.769 bits per heavy atom. The highest BCUT2D eigenvalue weighted by Gasteiger charge is 2.27. The quantitative estimate of drug-likeness (QED) is 0.385. The summed E-state index contributed by atoms with van der Waals surface area (Å²) in [6.45, 7) is 8.97. The molecule has 0 atom stereocenters. The van der Waals surface area contributed by atoms with Crippen LogP contribution in [-0.2, 0) is 0 Å². The highest BCUT2D eigenvalue weighted by atomic mass is 19.4. The molecule has 0 spiro atoms. The largest absolute Gasteiger partial charge is 0.492 e. The first-order valence-corrected chi connectivity index (χ1v) is 10.6. The molecule has 0 amide bonds. The van der Waals surface area contributed by atoms with Crippen molar-refractivity contribution in [2.24, 2.45) is 0 Å². The number of quaternary nitrogens is 1. The number of nitrogens with zero attached hydrogens (tertiary/aromatic N) is 3. The molecule has 1 aliphatic heterocycles. The van der Waals surface area contributed by atoms with Crippen LogP contribution in [0.5, 0.6) is 0 Å². The maximum absolute atomic E-state index is 11.9. The van der Waals surface area contributed by atoms with Crippen LogP contribution in [0.15, 0.2) is 0 Å². The van der Waals surface area contributed by atoms with E-state index in [1.54, 1.807) is 0 Å². The summed E-state index contributed by atoms with van der Waals surface area (Å²) in [5, 5.41) is 0. The Balaban J connectivity index is 0.000000485. The monoisotopic (exact) mass is 381 g/mol. The van der Waals surface area contributed by atoms with Gasteiger partial charge in [-0.3, -0.25) is 0 Å². The van der Waals surface area contributed by atoms with Crippen LogP contribution < -0.4 is 0 Å². The number of unbranched alkanes of at least 4 members (excludes halogenated alkanes) is 3. The van der Waals surface area contributed by atoms with E-state index in [1.165, 1.54) is 67.5 Å². The lowest BCUT2D eigenvalue weighted by Gasteiger charge is -2.35. The first kappa shape index (κ1) is 25.7. The average Bonchev–Trinajstić information content (AvgIpc) is 2.58. The van der Waals surface area contributed by atoms with E-state index in [1.807, 2.05) is 11.9 Å². The van der Waals surface area contributed by atoms with E-state index < -0.39 is 13.4 Å². The lowest BCUT2D eigenvalue weighted by atomic mass is 9.91. The van der Waals surface area contributed by atoms with Crippen LogP contribution >= 0.6 is 0 Å². The van der Waals surface area contributed by atoms with E-state index in [0.717, 1.165) is 13.1 Å². The SMILES string of the molecule is CCCC[N+](C)(CCCC)CCCC.CN1CCN(C[B-](F)(F)F)CC1. The molecule has 1 heterocycles. The summed E-state index contributed by atoms with van der Waals surface area (Å²) < 4.78 is 37.1. The van der Waals surface area contributed by atoms with Crippen LogP contribution in [0.1, 0.15) is 59.3 Å². The topological polar surface area (TPSA) is 6.48 Å². The number of piperazine rings is 1. The summed E-state index contributed by atoms with van der Waals surface area (Å²) in [6.07, 6.45) is 7.50. The van der Waals surface area contributed by atoms with Gasteiger partial charge in [-0.2, -0.15) is 0 Å². The van der Waals surface area contributed by atoms with Crippen molar-refractivity contribution in [2.75, 3.05) is 66.4 Å². The van der Waals surface area contributed by atoms with Gasteiger partial charge in [0.2, 0.25) is 0 Å². The molecule has 7 heteroatoms. The Bertz CT molecular complexity index is 311. The number of likely N-dealkylation sites (N-methyl/N-ethyl adjacent to an activating group) is 1. The van der Waals surface area contributed by atoms with Crippen LogP contribution in [0.4, 0.5) is 12.9 Å². The molecule has 0 bridgehead atoms. The minimum absolute atomic E-state index is 0.539. The minimum Gasteiger partial charge on any atom is -0.448 e. The molecule has 0 radical (unpaired) electrons. The molecule has 3 nitrogen and oxygen atoms in total. The maximum atomic E-state index is 11.9. The van der Waals surface area contributed by atoms with Gasteiger partial charge in [-0.1, -0.05) is 40.0 Å². The molecule has 0 saturated carbocycles. The summed E-state index contributed by atoms with van der Waals surface area (Å²) in [5.41, 5.74) is 0. The van der Waals surface area contributed by atoms with E-state index >= 15 is 0 Å². The zero-order valence-corrected chi connectivity index (χ0v) is 18.0. The van der Waals surface area contributed by atoms with Crippen LogP contribution in [0, 0.1) is 0 Å². The van der Waals surface area contributed by atoms with Crippen molar-refractivity contribution in [3.05, 3.63) is 0 Å². The van der Waals surface area contributed by atoms with Crippen molar-refractivity contribution in [1.29, 1.82) is 0 Å². The Hall–Kier alpha value is -0.265. The Morgan fingerprint density at radius 2 is 1.15 bits per heavy atom. The molecule has 158 valence electrons. The van der Waals surface area contributed by atoms with E-state index in [0.29, 0.717) is 13.1 Å². The van der Waals surface area contributed by atoms with E-state index in [4.69, 9.17) is 0 Å². The van der Waals surface area contributed by atoms with Crippen LogP contribution in [0.3, 0.4) is 0 Å². The highest BCUT2D eigenvalue weighted by molar-refractivity contribution is 6.58. The van der Waals surface area contributed by atoms with E-state index in [2.05, 4.69) is 27.8 Å². The Labute approximate surface area is 160 Å². The van der Waals surface area contributed by atoms with Crippen molar-refractivity contribution in [3.8, 4) is 0 Å². The molecular weight excluding hydrogens is 338 g/mol. The Kier molecular flexibility index (Phi) is 13.7. The third-order valence-corrected chi connectivity index (χ3v) is 5.22. The highest BCUT2D eigenvalue weighted by Crippen LogP contribution is 2.12. The molecule has 1 aliphatic rings. The van der Waals surface area contributed by atoms with Crippen molar-refractivity contribution in [2.45, 2.75) is 59.3 Å². The van der Waals surface area contributed by atoms with Gasteiger partial charge >= 0.3 is 6.98 Å². The van der Waals surface area contributed by atoms with Gasteiger partial charge in [0.15, 0.2) is 0 Å². The van der Waals surface area contributed by atoms with Gasteiger partial charge in [-0.15, -0.1) is 0 Å². The van der Waals surface area contributed by atoms with E-state index in [9.17, 15) is 12.9 Å². The van der Waals surface area contributed by atoms with Gasteiger partial charge in [-0.25, -0.2) is 0 Å². The molecule has 26 heavy (non-hydrogen) atoms. The number of hydrogen-bond donors (Lipinski definition) is 0. The molecule has 1 saturated heterocycles. The molecule has 0 unspecified atom stereocenters. The lowest BCUT2D eigenvalue weighted by Crippen LogP contribution is -2.49. The van der Waals surface area contributed by atoms with E-state index in [-0.39, 0.29) is 0 Å². The van der Waals surface area contributed by atoms with Gasteiger partial charge in [-0.05, 0) is 32.8 Å². The Morgan fingerprint density at radius 3 is 1.46 bits per heavy atom. The number of halogens is 3. The molecule has 0 aliphatic carbocycles. The summed E-state index contributed by atoms with van der Waals surface area (Å²) in [5.74, 6) is 0. The normalized spacial score (nSPS) is 17.1. The third kappa shape index (κ3) is 13.9. The van der Waals surface area contributed by atoms with Crippen LogP contribution in [0.2, 0.25) is 0 Å². The molecule has 0 aromatic heterocycles. The fourth-order valence-electron chi connectivity index (χ4n) is 3.28. The molecule has 1 fully saturated rings. The summed E-state index contributed by atoms with van der Waals surface area (Å²) in [6, 6.07) is 0. The molecular formula is C19H43BF3N3. The van der Waals surface area contributed by atoms with Crippen molar-refractivity contribution < 1.29 is 17.4 Å². The van der Waals surface area contributed by atoms with Gasteiger partial charge < -0.3 is 27.2 Å². The van der Waals surface area contributed by atoms with Crippen molar-refractivity contribution in [3.63, 3.8) is 0 Å². The lowest BCUT2D eigenvalue weighted by molar-refractivity contribution is -0.910. The van der Waals surface area contributed by atoms with Crippen LogP contribution in [-0.4, -0.2) is 87.6 Å². The van der Waals surface area contributed by atoms with Gasteiger partial charge in [0.25, 0.3) is 0 Å².